The molecule has 1 heterocycles. The highest BCUT2D eigenvalue weighted by atomic mass is 19.4. The molecule has 1 aliphatic heterocycles. The van der Waals surface area contributed by atoms with E-state index in [9.17, 15) is 18.0 Å². The molecule has 1 aliphatic rings. The molecule has 0 aliphatic carbocycles. The van der Waals surface area contributed by atoms with Crippen LogP contribution in [0.1, 0.15) is 11.1 Å². The van der Waals surface area contributed by atoms with Gasteiger partial charge in [-0.05, 0) is 42.0 Å². The van der Waals surface area contributed by atoms with Crippen molar-refractivity contribution in [3.63, 3.8) is 0 Å². The Morgan fingerprint density at radius 1 is 1.23 bits per heavy atom. The summed E-state index contributed by atoms with van der Waals surface area (Å²) in [5.41, 5.74) is 1.12. The van der Waals surface area contributed by atoms with Crippen LogP contribution in [0, 0.1) is 12.3 Å². The van der Waals surface area contributed by atoms with Crippen molar-refractivity contribution in [2.75, 3.05) is 26.3 Å². The third-order valence-electron chi connectivity index (χ3n) is 4.40. The van der Waals surface area contributed by atoms with Gasteiger partial charge in [-0.2, -0.15) is 0 Å². The maximum absolute atomic E-state index is 12.5. The molecular formula is C23H20F3NO4. The fourth-order valence-corrected chi connectivity index (χ4v) is 2.97. The zero-order valence-electron chi connectivity index (χ0n) is 16.5. The zero-order valence-corrected chi connectivity index (χ0v) is 16.5. The molecule has 2 aromatic carbocycles. The van der Waals surface area contributed by atoms with Crippen molar-refractivity contribution in [2.45, 2.75) is 12.5 Å². The molecule has 5 nitrogen and oxygen atoms in total. The largest absolute Gasteiger partial charge is 0.573 e. The van der Waals surface area contributed by atoms with Gasteiger partial charge >= 0.3 is 6.36 Å². The number of ether oxygens (including phenoxy) is 3. The smallest absolute Gasteiger partial charge is 0.491 e. The maximum Gasteiger partial charge on any atom is 0.573 e. The van der Waals surface area contributed by atoms with Gasteiger partial charge in [0.1, 0.15) is 24.2 Å². The van der Waals surface area contributed by atoms with Gasteiger partial charge in [0.15, 0.2) is 0 Å². The minimum atomic E-state index is -4.77. The first-order valence-corrected chi connectivity index (χ1v) is 9.46. The molecule has 1 amide bonds. The summed E-state index contributed by atoms with van der Waals surface area (Å²) in [5, 5.41) is 0. The van der Waals surface area contributed by atoms with Gasteiger partial charge in [-0.3, -0.25) is 4.79 Å². The van der Waals surface area contributed by atoms with Crippen LogP contribution in [0.2, 0.25) is 0 Å². The van der Waals surface area contributed by atoms with E-state index in [0.29, 0.717) is 36.6 Å². The van der Waals surface area contributed by atoms with Crippen molar-refractivity contribution in [1.29, 1.82) is 0 Å². The summed E-state index contributed by atoms with van der Waals surface area (Å²) in [6.45, 7) is 1.34. The van der Waals surface area contributed by atoms with E-state index in [1.54, 1.807) is 35.2 Å². The number of halogens is 3. The summed E-state index contributed by atoms with van der Waals surface area (Å²) in [6.07, 6.45) is 3.04. The van der Waals surface area contributed by atoms with Gasteiger partial charge in [0.25, 0.3) is 0 Å². The fraction of sp³-hybridized carbons (Fsp3) is 0.261. The first kappa shape index (κ1) is 22.2. The van der Waals surface area contributed by atoms with Crippen LogP contribution in [0.15, 0.2) is 54.6 Å². The zero-order chi connectivity index (χ0) is 22.3. The third kappa shape index (κ3) is 7.08. The number of terminal acetylenes is 1. The van der Waals surface area contributed by atoms with Crippen LogP contribution in [0.5, 0.6) is 11.5 Å². The highest BCUT2D eigenvalue weighted by Gasteiger charge is 2.31. The average molecular weight is 431 g/mol. The summed E-state index contributed by atoms with van der Waals surface area (Å²) < 4.78 is 52.3. The van der Waals surface area contributed by atoms with E-state index in [2.05, 4.69) is 10.7 Å². The van der Waals surface area contributed by atoms with Crippen LogP contribution < -0.4 is 9.47 Å². The lowest BCUT2D eigenvalue weighted by Gasteiger charge is -2.32. The number of benzene rings is 2. The van der Waals surface area contributed by atoms with Gasteiger partial charge in [0.2, 0.25) is 5.91 Å². The molecule has 1 atom stereocenters. The van der Waals surface area contributed by atoms with E-state index < -0.39 is 6.36 Å². The number of amides is 1. The average Bonchev–Trinajstić information content (AvgIpc) is 2.75. The number of alkyl halides is 3. The summed E-state index contributed by atoms with van der Waals surface area (Å²) in [6, 6.07) is 12.5. The first-order chi connectivity index (χ1) is 14.8. The highest BCUT2D eigenvalue weighted by Crippen LogP contribution is 2.23. The van der Waals surface area contributed by atoms with Gasteiger partial charge in [-0.1, -0.05) is 24.1 Å². The molecule has 0 saturated carbocycles. The van der Waals surface area contributed by atoms with E-state index in [4.69, 9.17) is 15.9 Å². The minimum Gasteiger partial charge on any atom is -0.491 e. The van der Waals surface area contributed by atoms with E-state index in [1.165, 1.54) is 30.4 Å². The molecule has 31 heavy (non-hydrogen) atoms. The van der Waals surface area contributed by atoms with Crippen LogP contribution >= 0.6 is 0 Å². The molecule has 2 aromatic rings. The molecule has 1 fully saturated rings. The SMILES string of the molecule is C#Cc1cccc(OCC2CN(C(=O)C=Cc3cccc(OC(F)(F)F)c3)CCO2)c1. The molecular weight excluding hydrogens is 411 g/mol. The maximum atomic E-state index is 12.5. The van der Waals surface area contributed by atoms with Crippen LogP contribution in [0.4, 0.5) is 13.2 Å². The Morgan fingerprint density at radius 3 is 2.77 bits per heavy atom. The van der Waals surface area contributed by atoms with Crippen molar-refractivity contribution in [3.8, 4) is 23.8 Å². The lowest BCUT2D eigenvalue weighted by molar-refractivity contribution is -0.274. The van der Waals surface area contributed by atoms with Gasteiger partial charge in [-0.15, -0.1) is 19.6 Å². The second-order valence-corrected chi connectivity index (χ2v) is 6.71. The lowest BCUT2D eigenvalue weighted by Crippen LogP contribution is -2.47. The van der Waals surface area contributed by atoms with Crippen molar-refractivity contribution in [1.82, 2.24) is 4.90 Å². The van der Waals surface area contributed by atoms with Gasteiger partial charge in [0, 0.05) is 18.2 Å². The number of hydrogen-bond donors (Lipinski definition) is 0. The molecule has 0 spiro atoms. The molecule has 0 aromatic heterocycles. The molecule has 0 bridgehead atoms. The van der Waals surface area contributed by atoms with Crippen LogP contribution in [-0.4, -0.2) is 49.6 Å². The van der Waals surface area contributed by atoms with Crippen molar-refractivity contribution in [2.24, 2.45) is 0 Å². The van der Waals surface area contributed by atoms with Crippen LogP contribution in [0.3, 0.4) is 0 Å². The lowest BCUT2D eigenvalue weighted by atomic mass is 10.2. The Bertz CT molecular complexity index is 981. The standard InChI is InChI=1S/C23H20F3NO4/c1-2-17-5-3-7-19(13-17)30-16-21-15-27(11-12-29-21)22(28)10-9-18-6-4-8-20(14-18)31-23(24,25)26/h1,3-10,13-14,21H,11-12,15-16H2. The van der Waals surface area contributed by atoms with E-state index in [0.717, 1.165) is 0 Å². The van der Waals surface area contributed by atoms with Gasteiger partial charge in [0.05, 0.1) is 13.2 Å². The molecule has 1 unspecified atom stereocenters. The number of nitrogens with zero attached hydrogens (tertiary/aromatic N) is 1. The number of carbonyl (C=O) groups excluding carboxylic acids is 1. The Kier molecular flexibility index (Phi) is 7.21. The van der Waals surface area contributed by atoms with E-state index in [-0.39, 0.29) is 24.4 Å². The van der Waals surface area contributed by atoms with Gasteiger partial charge < -0.3 is 19.1 Å². The quantitative estimate of drug-likeness (QED) is 0.515. The summed E-state index contributed by atoms with van der Waals surface area (Å²) in [5.74, 6) is 2.53. The van der Waals surface area contributed by atoms with E-state index in [1.807, 2.05) is 0 Å². The summed E-state index contributed by atoms with van der Waals surface area (Å²) in [4.78, 5) is 14.1. The Morgan fingerprint density at radius 2 is 2.00 bits per heavy atom. The van der Waals surface area contributed by atoms with Gasteiger partial charge in [-0.25, -0.2) is 0 Å². The van der Waals surface area contributed by atoms with Crippen molar-refractivity contribution < 1.29 is 32.2 Å². The number of rotatable bonds is 6. The highest BCUT2D eigenvalue weighted by molar-refractivity contribution is 5.91. The van der Waals surface area contributed by atoms with Crippen molar-refractivity contribution >= 4 is 12.0 Å². The number of hydrogen-bond acceptors (Lipinski definition) is 4. The fourth-order valence-electron chi connectivity index (χ4n) is 2.97. The molecule has 3 rings (SSSR count). The molecule has 1 saturated heterocycles. The predicted molar refractivity (Wildman–Crippen MR) is 108 cm³/mol. The Hall–Kier alpha value is -3.44. The minimum absolute atomic E-state index is 0.248. The number of carbonyl (C=O) groups is 1. The number of morpholine rings is 1. The topological polar surface area (TPSA) is 48.0 Å². The van der Waals surface area contributed by atoms with Crippen LogP contribution in [-0.2, 0) is 9.53 Å². The Labute approximate surface area is 178 Å². The Balaban J connectivity index is 1.54. The molecule has 0 N–H and O–H groups in total. The molecule has 8 heteroatoms. The third-order valence-corrected chi connectivity index (χ3v) is 4.40. The predicted octanol–water partition coefficient (Wildman–Crippen LogP) is 3.89. The molecule has 162 valence electrons. The first-order valence-electron chi connectivity index (χ1n) is 9.46. The van der Waals surface area contributed by atoms with Crippen molar-refractivity contribution in [3.05, 3.63) is 65.7 Å². The second-order valence-electron chi connectivity index (χ2n) is 6.71. The summed E-state index contributed by atoms with van der Waals surface area (Å²) >= 11 is 0. The second kappa shape index (κ2) is 10.0. The van der Waals surface area contributed by atoms with E-state index >= 15 is 0 Å². The molecule has 0 radical (unpaired) electrons. The van der Waals surface area contributed by atoms with Crippen LogP contribution in [0.25, 0.3) is 6.08 Å². The summed E-state index contributed by atoms with van der Waals surface area (Å²) in [7, 11) is 0. The normalized spacial score (nSPS) is 16.7. The monoisotopic (exact) mass is 431 g/mol.